The number of halogens is 2. The van der Waals surface area contributed by atoms with Crippen LogP contribution < -0.4 is 10.6 Å². The molecule has 0 aliphatic rings. The Hall–Kier alpha value is -4.60. The van der Waals surface area contributed by atoms with Gasteiger partial charge in [0.15, 0.2) is 0 Å². The van der Waals surface area contributed by atoms with Crippen molar-refractivity contribution in [2.24, 2.45) is 12.8 Å². The van der Waals surface area contributed by atoms with Crippen LogP contribution in [0.2, 0.25) is 0 Å². The van der Waals surface area contributed by atoms with Crippen molar-refractivity contribution in [3.63, 3.8) is 0 Å². The van der Waals surface area contributed by atoms with Gasteiger partial charge in [0.2, 0.25) is 11.7 Å². The van der Waals surface area contributed by atoms with Gasteiger partial charge in [-0.25, -0.2) is 18.7 Å². The van der Waals surface area contributed by atoms with Crippen molar-refractivity contribution in [1.29, 1.82) is 0 Å². The summed E-state index contributed by atoms with van der Waals surface area (Å²) in [5, 5.41) is 0.380. The third-order valence-corrected chi connectivity index (χ3v) is 5.95. The standard InChI is InChI=1S/C25H20F2N6O2/c1-32(2)25-31-18-9-12(4-7-19(18)33(25)3)13-8-15-16(11-30-24(15)29-10-13)22(34)20-17(26)6-5-14(21(20)27)23(28)35/h4-11H,1-3H3,(H2,28,35)(H,29,30). The number of nitrogens with one attached hydrogen (secondary N) is 1. The highest BCUT2D eigenvalue weighted by atomic mass is 19.1. The molecule has 0 radical (unpaired) electrons. The first kappa shape index (κ1) is 22.2. The normalized spacial score (nSPS) is 11.3. The molecule has 8 nitrogen and oxygen atoms in total. The Bertz CT molecular complexity index is 1670. The number of carbonyl (C=O) groups excluding carboxylic acids is 2. The van der Waals surface area contributed by atoms with Gasteiger partial charge in [0, 0.05) is 50.0 Å². The maximum absolute atomic E-state index is 14.8. The fourth-order valence-corrected chi connectivity index (χ4v) is 4.20. The number of anilines is 1. The summed E-state index contributed by atoms with van der Waals surface area (Å²) in [5.74, 6) is -3.61. The molecule has 0 saturated carbocycles. The summed E-state index contributed by atoms with van der Waals surface area (Å²) >= 11 is 0. The number of H-pyrrole nitrogens is 1. The Morgan fingerprint density at radius 2 is 1.83 bits per heavy atom. The maximum atomic E-state index is 14.8. The number of fused-ring (bicyclic) bond motifs is 2. The van der Waals surface area contributed by atoms with Crippen LogP contribution in [0.3, 0.4) is 0 Å². The van der Waals surface area contributed by atoms with Crippen LogP contribution in [0, 0.1) is 11.6 Å². The first-order valence-corrected chi connectivity index (χ1v) is 10.6. The number of aryl methyl sites for hydroxylation is 1. The average Bonchev–Trinajstić information content (AvgIpc) is 3.39. The molecule has 0 fully saturated rings. The highest BCUT2D eigenvalue weighted by Crippen LogP contribution is 2.30. The Morgan fingerprint density at radius 3 is 2.54 bits per heavy atom. The molecule has 1 amide bonds. The zero-order valence-electron chi connectivity index (χ0n) is 19.1. The number of aromatic amines is 1. The van der Waals surface area contributed by atoms with Gasteiger partial charge in [-0.2, -0.15) is 0 Å². The van der Waals surface area contributed by atoms with Gasteiger partial charge < -0.3 is 20.2 Å². The molecule has 3 N–H and O–H groups in total. The van der Waals surface area contributed by atoms with Gasteiger partial charge in [-0.3, -0.25) is 9.59 Å². The summed E-state index contributed by atoms with van der Waals surface area (Å²) in [6.45, 7) is 0. The van der Waals surface area contributed by atoms with Crippen LogP contribution in [0.15, 0.2) is 48.8 Å². The molecule has 5 aromatic rings. The van der Waals surface area contributed by atoms with Crippen LogP contribution >= 0.6 is 0 Å². The summed E-state index contributed by atoms with van der Waals surface area (Å²) in [5.41, 5.74) is 7.37. The number of benzene rings is 2. The second-order valence-corrected chi connectivity index (χ2v) is 8.37. The van der Waals surface area contributed by atoms with E-state index in [2.05, 4.69) is 15.0 Å². The molecule has 0 aliphatic carbocycles. The molecule has 35 heavy (non-hydrogen) atoms. The van der Waals surface area contributed by atoms with Gasteiger partial charge in [0.25, 0.3) is 5.91 Å². The van der Waals surface area contributed by atoms with Crippen molar-refractivity contribution in [3.05, 3.63) is 77.1 Å². The van der Waals surface area contributed by atoms with E-state index < -0.39 is 34.5 Å². The molecule has 2 aromatic carbocycles. The Balaban J connectivity index is 1.62. The lowest BCUT2D eigenvalue weighted by Crippen LogP contribution is -2.17. The Labute approximate surface area is 198 Å². The zero-order valence-corrected chi connectivity index (χ0v) is 19.1. The molecule has 0 bridgehead atoms. The highest BCUT2D eigenvalue weighted by molar-refractivity contribution is 6.17. The van der Waals surface area contributed by atoms with Gasteiger partial charge in [0.05, 0.1) is 22.2 Å². The third kappa shape index (κ3) is 3.50. The largest absolute Gasteiger partial charge is 0.366 e. The molecule has 0 aliphatic heterocycles. The SMILES string of the molecule is CN(C)c1nc2cc(-c3cnc4[nH]cc(C(=O)c5c(F)ccc(C(N)=O)c5F)c4c3)ccc2n1C. The number of ketones is 1. The summed E-state index contributed by atoms with van der Waals surface area (Å²) in [6.07, 6.45) is 2.98. The van der Waals surface area contributed by atoms with Crippen molar-refractivity contribution < 1.29 is 18.4 Å². The quantitative estimate of drug-likeness (QED) is 0.377. The topological polar surface area (TPSA) is 110 Å². The van der Waals surface area contributed by atoms with Crippen LogP contribution in [0.4, 0.5) is 14.7 Å². The van der Waals surface area contributed by atoms with Crippen molar-refractivity contribution in [2.75, 3.05) is 19.0 Å². The fraction of sp³-hybridized carbons (Fsp3) is 0.120. The van der Waals surface area contributed by atoms with E-state index in [1.54, 1.807) is 12.3 Å². The number of hydrogen-bond acceptors (Lipinski definition) is 5. The van der Waals surface area contributed by atoms with Gasteiger partial charge in [0.1, 0.15) is 17.3 Å². The minimum Gasteiger partial charge on any atom is -0.366 e. The minimum absolute atomic E-state index is 0.0163. The van der Waals surface area contributed by atoms with Crippen molar-refractivity contribution in [1.82, 2.24) is 19.5 Å². The maximum Gasteiger partial charge on any atom is 0.251 e. The van der Waals surface area contributed by atoms with Gasteiger partial charge in [-0.1, -0.05) is 6.07 Å². The lowest BCUT2D eigenvalue weighted by Gasteiger charge is -2.10. The summed E-state index contributed by atoms with van der Waals surface area (Å²) in [4.78, 5) is 38.5. The number of nitrogens with two attached hydrogens (primary N) is 1. The highest BCUT2D eigenvalue weighted by Gasteiger charge is 2.26. The molecular weight excluding hydrogens is 454 g/mol. The summed E-state index contributed by atoms with van der Waals surface area (Å²) in [7, 11) is 5.76. The second kappa shape index (κ2) is 8.01. The van der Waals surface area contributed by atoms with E-state index in [0.717, 1.165) is 34.7 Å². The van der Waals surface area contributed by atoms with Crippen molar-refractivity contribution in [2.45, 2.75) is 0 Å². The van der Waals surface area contributed by atoms with E-state index in [1.807, 2.05) is 48.8 Å². The number of hydrogen-bond donors (Lipinski definition) is 2. The van der Waals surface area contributed by atoms with Crippen LogP contribution in [0.25, 0.3) is 33.2 Å². The van der Waals surface area contributed by atoms with Crippen LogP contribution in [0.5, 0.6) is 0 Å². The molecular formula is C25H20F2N6O2. The molecule has 0 unspecified atom stereocenters. The zero-order chi connectivity index (χ0) is 25.0. The smallest absolute Gasteiger partial charge is 0.251 e. The molecule has 0 atom stereocenters. The number of amides is 1. The first-order chi connectivity index (χ1) is 16.7. The van der Waals surface area contributed by atoms with Crippen molar-refractivity contribution in [3.8, 4) is 11.1 Å². The molecule has 5 rings (SSSR count). The number of aromatic nitrogens is 4. The predicted octanol–water partition coefficient (Wildman–Crippen LogP) is 3.79. The summed E-state index contributed by atoms with van der Waals surface area (Å²) < 4.78 is 31.3. The van der Waals surface area contributed by atoms with E-state index >= 15 is 0 Å². The van der Waals surface area contributed by atoms with E-state index in [-0.39, 0.29) is 5.56 Å². The lowest BCUT2D eigenvalue weighted by atomic mass is 9.98. The average molecular weight is 474 g/mol. The Kier molecular flexibility index (Phi) is 5.08. The lowest BCUT2D eigenvalue weighted by molar-refractivity contribution is 0.0996. The molecule has 176 valence electrons. The van der Waals surface area contributed by atoms with Gasteiger partial charge in [-0.05, 0) is 35.9 Å². The van der Waals surface area contributed by atoms with E-state index in [4.69, 9.17) is 5.73 Å². The number of primary amides is 1. The van der Waals surface area contributed by atoms with Crippen molar-refractivity contribution >= 4 is 39.7 Å². The van der Waals surface area contributed by atoms with Crippen LogP contribution in [-0.2, 0) is 7.05 Å². The number of pyridine rings is 1. The van der Waals surface area contributed by atoms with Crippen LogP contribution in [0.1, 0.15) is 26.3 Å². The fourth-order valence-electron chi connectivity index (χ4n) is 4.20. The van der Waals surface area contributed by atoms with E-state index in [1.165, 1.54) is 6.20 Å². The Morgan fingerprint density at radius 1 is 1.06 bits per heavy atom. The molecule has 3 heterocycles. The third-order valence-electron chi connectivity index (χ3n) is 5.95. The predicted molar refractivity (Wildman–Crippen MR) is 128 cm³/mol. The number of rotatable bonds is 5. The van der Waals surface area contributed by atoms with E-state index in [9.17, 15) is 18.4 Å². The molecule has 3 aromatic heterocycles. The first-order valence-electron chi connectivity index (χ1n) is 10.6. The van der Waals surface area contributed by atoms with E-state index in [0.29, 0.717) is 16.6 Å². The summed E-state index contributed by atoms with van der Waals surface area (Å²) in [6, 6.07) is 9.24. The van der Waals surface area contributed by atoms with Gasteiger partial charge >= 0.3 is 0 Å². The molecule has 0 saturated heterocycles. The minimum atomic E-state index is -1.29. The van der Waals surface area contributed by atoms with Gasteiger partial charge in [-0.15, -0.1) is 0 Å². The second-order valence-electron chi connectivity index (χ2n) is 8.37. The number of imidazole rings is 1. The number of nitrogens with zero attached hydrogens (tertiary/aromatic N) is 4. The monoisotopic (exact) mass is 474 g/mol. The number of carbonyl (C=O) groups is 2. The molecule has 0 spiro atoms. The van der Waals surface area contributed by atoms with Crippen LogP contribution in [-0.4, -0.2) is 45.3 Å². The molecule has 10 heteroatoms.